The first kappa shape index (κ1) is 67.9. The van der Waals surface area contributed by atoms with E-state index in [4.69, 9.17) is 0 Å². The second-order valence-electron chi connectivity index (χ2n) is 26.6. The van der Waals surface area contributed by atoms with Crippen molar-refractivity contribution in [1.82, 2.24) is 0 Å². The van der Waals surface area contributed by atoms with E-state index in [1.165, 1.54) is 84.3 Å². The van der Waals surface area contributed by atoms with E-state index in [-0.39, 0.29) is 46.5 Å². The molecule has 0 heterocycles. The van der Waals surface area contributed by atoms with Gasteiger partial charge in [-0.1, -0.05) is 209 Å². The Morgan fingerprint density at radius 3 is 0.903 bits per heavy atom. The molecular formula is C68H92Cl2Zr2-2. The van der Waals surface area contributed by atoms with E-state index in [0.717, 1.165) is 12.8 Å². The molecular weight excluding hydrogens is 1070 g/mol. The average Bonchev–Trinajstić information content (AvgIpc) is 4.00. The summed E-state index contributed by atoms with van der Waals surface area (Å²) in [5.74, 6) is 1.04. The zero-order chi connectivity index (χ0) is 53.5. The van der Waals surface area contributed by atoms with Crippen molar-refractivity contribution in [1.29, 1.82) is 0 Å². The Kier molecular flexibility index (Phi) is 25.8. The maximum atomic E-state index is 3.67. The van der Waals surface area contributed by atoms with Gasteiger partial charge >= 0.3 is 82.6 Å². The molecule has 4 heteroatoms. The molecule has 388 valence electrons. The monoisotopic (exact) mass is 1160 g/mol. The summed E-state index contributed by atoms with van der Waals surface area (Å²) in [6, 6.07) is 30.3. The maximum Gasteiger partial charge on any atom is -1.00 e. The number of allylic oxidation sites excluding steroid dienone is 8. The van der Waals surface area contributed by atoms with Crippen molar-refractivity contribution in [2.45, 2.75) is 201 Å². The molecule has 0 nitrogen and oxygen atoms in total. The number of halogens is 2. The second kappa shape index (κ2) is 27.3. The van der Waals surface area contributed by atoms with E-state index >= 15 is 0 Å². The van der Waals surface area contributed by atoms with Crippen LogP contribution in [-0.2, 0) is 83.0 Å². The van der Waals surface area contributed by atoms with Crippen molar-refractivity contribution in [3.05, 3.63) is 165 Å². The van der Waals surface area contributed by atoms with Crippen LogP contribution in [0.15, 0.2) is 96.1 Å². The molecule has 0 radical (unpaired) electrons. The minimum Gasteiger partial charge on any atom is -1.00 e. The summed E-state index contributed by atoms with van der Waals surface area (Å²) in [6.07, 6.45) is 17.4. The van der Waals surface area contributed by atoms with Gasteiger partial charge in [-0.15, -0.1) is 22.3 Å². The van der Waals surface area contributed by atoms with E-state index in [2.05, 4.69) is 275 Å². The predicted octanol–water partition coefficient (Wildman–Crippen LogP) is 12.7. The summed E-state index contributed by atoms with van der Waals surface area (Å²) >= 11 is 3.11. The number of fused-ring (bicyclic) bond motifs is 6. The third kappa shape index (κ3) is 21.2. The van der Waals surface area contributed by atoms with Crippen LogP contribution in [0.2, 0.25) is 0 Å². The van der Waals surface area contributed by atoms with Gasteiger partial charge < -0.3 is 24.8 Å². The van der Waals surface area contributed by atoms with Crippen molar-refractivity contribution in [3.8, 4) is 22.3 Å². The largest absolute Gasteiger partial charge is 1.00 e. The molecule has 8 rings (SSSR count). The van der Waals surface area contributed by atoms with Gasteiger partial charge in [0.1, 0.15) is 0 Å². The van der Waals surface area contributed by atoms with Gasteiger partial charge in [0.2, 0.25) is 0 Å². The summed E-state index contributed by atoms with van der Waals surface area (Å²) in [7, 11) is 0. The Morgan fingerprint density at radius 1 is 0.417 bits per heavy atom. The van der Waals surface area contributed by atoms with Crippen LogP contribution in [0.25, 0.3) is 22.3 Å². The Bertz CT molecular complexity index is 2270. The van der Waals surface area contributed by atoms with Gasteiger partial charge in [-0.2, -0.15) is 70.8 Å². The van der Waals surface area contributed by atoms with Gasteiger partial charge in [-0.3, -0.25) is 12.2 Å². The fourth-order valence-corrected chi connectivity index (χ4v) is 8.16. The van der Waals surface area contributed by atoms with Crippen molar-refractivity contribution >= 4 is 6.41 Å². The standard InChI is InChI=1S/2C21H25.2C10H15.2C3H6.2ClH.2Zr/c2*1-20(2,3)16-7-9-18-14(12-16)11-15-13-17(21(4,5)6)8-10-19(15)18;2*1-8-5-6-9(7-8)10(2,3)4;2*1-3-2;;;;/h2*7-10,12H,11H2,1-6H3;2*6-8H,1-4H3;2*1-2H3;2*1H;;/q4*-1;;;;;2*+2/p-2. The molecule has 0 aromatic heterocycles. The fraction of sp³-hybridized carbons (Fsp3) is 0.500. The molecule has 2 unspecified atom stereocenters. The minimum atomic E-state index is 0. The number of rotatable bonds is 0. The van der Waals surface area contributed by atoms with Crippen molar-refractivity contribution in [3.63, 3.8) is 0 Å². The van der Waals surface area contributed by atoms with E-state index in [0.29, 0.717) is 22.7 Å². The van der Waals surface area contributed by atoms with Gasteiger partial charge in [-0.25, -0.2) is 12.2 Å². The molecule has 4 aliphatic rings. The molecule has 0 amide bonds. The van der Waals surface area contributed by atoms with E-state index in [9.17, 15) is 0 Å². The maximum absolute atomic E-state index is 3.67. The van der Waals surface area contributed by atoms with Crippen molar-refractivity contribution < 1.29 is 73.3 Å². The summed E-state index contributed by atoms with van der Waals surface area (Å²) in [6.45, 7) is 53.4. The molecule has 0 N–H and O–H groups in total. The Morgan fingerprint density at radius 2 is 0.694 bits per heavy atom. The van der Waals surface area contributed by atoms with E-state index in [1.807, 2.05) is 0 Å². The Hall–Kier alpha value is -2.07. The van der Waals surface area contributed by atoms with E-state index < -0.39 is 0 Å². The number of hydrogen-bond acceptors (Lipinski definition) is 0. The molecule has 0 fully saturated rings. The van der Waals surface area contributed by atoms with Gasteiger partial charge in [-0.05, 0) is 56.8 Å². The van der Waals surface area contributed by atoms with E-state index in [1.54, 1.807) is 48.5 Å². The van der Waals surface area contributed by atoms with Crippen LogP contribution < -0.4 is 24.8 Å². The smallest absolute Gasteiger partial charge is 1.00 e. The first-order valence-electron chi connectivity index (χ1n) is 25.8. The van der Waals surface area contributed by atoms with Crippen LogP contribution in [-0.4, -0.2) is 6.41 Å². The Balaban J connectivity index is 0.000000473. The molecule has 0 bridgehead atoms. The second-order valence-corrected chi connectivity index (χ2v) is 31.5. The molecule has 0 spiro atoms. The molecule has 72 heavy (non-hydrogen) atoms. The van der Waals surface area contributed by atoms with Crippen LogP contribution >= 0.6 is 0 Å². The van der Waals surface area contributed by atoms with Crippen molar-refractivity contribution in [2.24, 2.45) is 22.7 Å². The van der Waals surface area contributed by atoms with Gasteiger partial charge in [0, 0.05) is 0 Å². The third-order valence-electron chi connectivity index (χ3n) is 12.5. The number of hydrogen-bond donors (Lipinski definition) is 0. The van der Waals surface area contributed by atoms with Crippen LogP contribution in [0.4, 0.5) is 0 Å². The number of benzene rings is 4. The normalized spacial score (nSPS) is 15.9. The van der Waals surface area contributed by atoms with Gasteiger partial charge in [0.15, 0.2) is 0 Å². The summed E-state index contributed by atoms with van der Waals surface area (Å²) in [5.41, 5.74) is 20.8. The zero-order valence-electron chi connectivity index (χ0n) is 49.4. The molecule has 4 aromatic carbocycles. The summed E-state index contributed by atoms with van der Waals surface area (Å²) in [4.78, 5) is 0. The topological polar surface area (TPSA) is 0 Å². The molecule has 0 aliphatic heterocycles. The molecule has 4 aromatic rings. The van der Waals surface area contributed by atoms with Crippen LogP contribution in [0, 0.1) is 47.0 Å². The quantitative estimate of drug-likeness (QED) is 0.133. The SMILES string of the molecule is CC(C)(C)c1[c-]c2c(cc1)-c1ccc(C(C)(C)C)cc1C2.CC(C)(C)c1[c-]c2c(cc1)-c1ccc(C(C)(C)C)cc1C2.CC1[C-]=CC(C(C)(C)C)=C1.CC1[C-]=CC(C(C)(C)C)=C1.C[C](C)=[Zr+2].C[C](C)=[Zr+2].[Cl-].[Cl-]. The summed E-state index contributed by atoms with van der Waals surface area (Å²) < 4.78 is 3.01. The van der Waals surface area contributed by atoms with Gasteiger partial charge in [0.25, 0.3) is 0 Å². The van der Waals surface area contributed by atoms with Crippen LogP contribution in [0.5, 0.6) is 0 Å². The van der Waals surface area contributed by atoms with Crippen LogP contribution in [0.3, 0.4) is 0 Å². The summed E-state index contributed by atoms with van der Waals surface area (Å²) in [5, 5.41) is 0. The predicted molar refractivity (Wildman–Crippen MR) is 304 cm³/mol. The zero-order valence-corrected chi connectivity index (χ0v) is 55.8. The average molecular weight is 1160 g/mol. The fourth-order valence-electron chi connectivity index (χ4n) is 8.16. The first-order chi connectivity index (χ1) is 31.8. The molecule has 4 aliphatic carbocycles. The molecule has 0 saturated carbocycles. The molecule has 0 saturated heterocycles. The first-order valence-corrected chi connectivity index (χ1v) is 28.3. The van der Waals surface area contributed by atoms with Crippen molar-refractivity contribution in [2.75, 3.05) is 0 Å². The Labute approximate surface area is 485 Å². The van der Waals surface area contributed by atoms with Gasteiger partial charge in [0.05, 0.1) is 0 Å². The minimum absolute atomic E-state index is 0. The molecule has 2 atom stereocenters. The van der Waals surface area contributed by atoms with Crippen LogP contribution in [0.1, 0.15) is 211 Å². The third-order valence-corrected chi connectivity index (χ3v) is 12.5.